The molecule has 3 N–H and O–H groups in total. The van der Waals surface area contributed by atoms with Crippen LogP contribution >= 0.6 is 11.8 Å². The van der Waals surface area contributed by atoms with Crippen molar-refractivity contribution in [2.24, 2.45) is 0 Å². The second kappa shape index (κ2) is 6.77. The standard InChI is InChI=1S/C13H17FN2O2S/c14-11-6-9(15)3-4-12(11)19-8-13(17)16-7-10-2-1-5-18-10/h3-4,6,10H,1-2,5,7-8,15H2,(H,16,17). The molecule has 1 atom stereocenters. The monoisotopic (exact) mass is 284 g/mol. The number of amides is 1. The zero-order chi connectivity index (χ0) is 13.7. The summed E-state index contributed by atoms with van der Waals surface area (Å²) in [5.74, 6) is -0.318. The van der Waals surface area contributed by atoms with Crippen LogP contribution in [0.5, 0.6) is 0 Å². The van der Waals surface area contributed by atoms with Crippen molar-refractivity contribution in [1.82, 2.24) is 5.32 Å². The third kappa shape index (κ3) is 4.40. The van der Waals surface area contributed by atoms with Crippen LogP contribution < -0.4 is 11.1 Å². The molecular weight excluding hydrogens is 267 g/mol. The number of ether oxygens (including phenoxy) is 1. The van der Waals surface area contributed by atoms with Gasteiger partial charge in [0, 0.05) is 23.7 Å². The van der Waals surface area contributed by atoms with Gasteiger partial charge in [-0.15, -0.1) is 11.8 Å². The van der Waals surface area contributed by atoms with Gasteiger partial charge < -0.3 is 15.8 Å². The molecule has 1 unspecified atom stereocenters. The van der Waals surface area contributed by atoms with Gasteiger partial charge in [-0.1, -0.05) is 0 Å². The number of halogens is 1. The molecule has 6 heteroatoms. The summed E-state index contributed by atoms with van der Waals surface area (Å²) in [4.78, 5) is 12.0. The summed E-state index contributed by atoms with van der Waals surface area (Å²) in [6.45, 7) is 1.30. The topological polar surface area (TPSA) is 64.4 Å². The molecule has 1 aliphatic rings. The van der Waals surface area contributed by atoms with E-state index in [1.165, 1.54) is 6.07 Å². The number of hydrogen-bond acceptors (Lipinski definition) is 4. The summed E-state index contributed by atoms with van der Waals surface area (Å²) >= 11 is 1.16. The molecule has 1 heterocycles. The molecule has 19 heavy (non-hydrogen) atoms. The van der Waals surface area contributed by atoms with Crippen LogP contribution in [0.15, 0.2) is 23.1 Å². The van der Waals surface area contributed by atoms with Crippen molar-refractivity contribution in [3.8, 4) is 0 Å². The number of thioether (sulfide) groups is 1. The van der Waals surface area contributed by atoms with Gasteiger partial charge in [0.05, 0.1) is 11.9 Å². The Morgan fingerprint density at radius 2 is 2.42 bits per heavy atom. The van der Waals surface area contributed by atoms with Gasteiger partial charge >= 0.3 is 0 Å². The maximum atomic E-state index is 13.5. The molecule has 1 fully saturated rings. The number of nitrogen functional groups attached to an aromatic ring is 1. The lowest BCUT2D eigenvalue weighted by Crippen LogP contribution is -2.32. The van der Waals surface area contributed by atoms with Crippen LogP contribution in [0.25, 0.3) is 0 Å². The first kappa shape index (κ1) is 14.1. The van der Waals surface area contributed by atoms with Crippen LogP contribution in [0.1, 0.15) is 12.8 Å². The summed E-state index contributed by atoms with van der Waals surface area (Å²) < 4.78 is 18.9. The third-order valence-corrected chi connectivity index (χ3v) is 3.91. The molecule has 0 aromatic heterocycles. The predicted molar refractivity (Wildman–Crippen MR) is 73.5 cm³/mol. The molecule has 1 aromatic rings. The van der Waals surface area contributed by atoms with Crippen LogP contribution in [0, 0.1) is 5.82 Å². The van der Waals surface area contributed by atoms with E-state index in [1.54, 1.807) is 12.1 Å². The van der Waals surface area contributed by atoms with Gasteiger partial charge in [0.25, 0.3) is 0 Å². The first-order valence-electron chi connectivity index (χ1n) is 6.21. The van der Waals surface area contributed by atoms with Gasteiger partial charge in [0.15, 0.2) is 0 Å². The molecule has 1 aromatic carbocycles. The van der Waals surface area contributed by atoms with E-state index in [0.29, 0.717) is 17.1 Å². The van der Waals surface area contributed by atoms with Crippen molar-refractivity contribution in [1.29, 1.82) is 0 Å². The summed E-state index contributed by atoms with van der Waals surface area (Å²) in [5.41, 5.74) is 5.84. The van der Waals surface area contributed by atoms with Crippen molar-refractivity contribution in [3.05, 3.63) is 24.0 Å². The maximum Gasteiger partial charge on any atom is 0.230 e. The second-order valence-corrected chi connectivity index (χ2v) is 5.43. The molecule has 0 saturated carbocycles. The maximum absolute atomic E-state index is 13.5. The van der Waals surface area contributed by atoms with Gasteiger partial charge in [0.1, 0.15) is 5.82 Å². The van der Waals surface area contributed by atoms with E-state index in [1.807, 2.05) is 0 Å². The smallest absolute Gasteiger partial charge is 0.230 e. The highest BCUT2D eigenvalue weighted by Gasteiger charge is 2.16. The molecule has 1 amide bonds. The molecule has 0 bridgehead atoms. The minimum Gasteiger partial charge on any atom is -0.399 e. The number of nitrogens with two attached hydrogens (primary N) is 1. The highest BCUT2D eigenvalue weighted by Crippen LogP contribution is 2.23. The zero-order valence-corrected chi connectivity index (χ0v) is 11.3. The number of benzene rings is 1. The number of hydrogen-bond donors (Lipinski definition) is 2. The fourth-order valence-electron chi connectivity index (χ4n) is 1.86. The average molecular weight is 284 g/mol. The van der Waals surface area contributed by atoms with Crippen molar-refractivity contribution in [3.63, 3.8) is 0 Å². The van der Waals surface area contributed by atoms with E-state index >= 15 is 0 Å². The number of rotatable bonds is 5. The minimum atomic E-state index is -0.392. The highest BCUT2D eigenvalue weighted by molar-refractivity contribution is 8.00. The SMILES string of the molecule is Nc1ccc(SCC(=O)NCC2CCCO2)c(F)c1. The highest BCUT2D eigenvalue weighted by atomic mass is 32.2. The first-order chi connectivity index (χ1) is 9.15. The Bertz CT molecular complexity index is 450. The van der Waals surface area contributed by atoms with Gasteiger partial charge in [0.2, 0.25) is 5.91 Å². The Labute approximate surface area is 115 Å². The van der Waals surface area contributed by atoms with E-state index in [9.17, 15) is 9.18 Å². The van der Waals surface area contributed by atoms with Crippen molar-refractivity contribution in [2.75, 3.05) is 24.6 Å². The Kier molecular flexibility index (Phi) is 5.04. The second-order valence-electron chi connectivity index (χ2n) is 4.42. The molecule has 0 spiro atoms. The van der Waals surface area contributed by atoms with Gasteiger partial charge in [-0.25, -0.2) is 4.39 Å². The Morgan fingerprint density at radius 3 is 3.11 bits per heavy atom. The first-order valence-corrected chi connectivity index (χ1v) is 7.20. The van der Waals surface area contributed by atoms with E-state index < -0.39 is 5.82 Å². The third-order valence-electron chi connectivity index (χ3n) is 2.87. The molecule has 4 nitrogen and oxygen atoms in total. The molecule has 0 radical (unpaired) electrons. The molecule has 2 rings (SSSR count). The van der Waals surface area contributed by atoms with E-state index in [-0.39, 0.29) is 17.8 Å². The number of carbonyl (C=O) groups is 1. The van der Waals surface area contributed by atoms with Gasteiger partial charge in [-0.2, -0.15) is 0 Å². The van der Waals surface area contributed by atoms with Crippen LogP contribution in [0.2, 0.25) is 0 Å². The van der Waals surface area contributed by atoms with Crippen molar-refractivity contribution in [2.45, 2.75) is 23.8 Å². The lowest BCUT2D eigenvalue weighted by Gasteiger charge is -2.10. The number of carbonyl (C=O) groups excluding carboxylic acids is 1. The van der Waals surface area contributed by atoms with Gasteiger partial charge in [-0.3, -0.25) is 4.79 Å². The largest absolute Gasteiger partial charge is 0.399 e. The van der Waals surface area contributed by atoms with Crippen molar-refractivity contribution >= 4 is 23.4 Å². The molecule has 0 aliphatic carbocycles. The Balaban J connectivity index is 1.73. The molecule has 1 saturated heterocycles. The normalized spacial score (nSPS) is 18.5. The molecular formula is C13H17FN2O2S. The molecule has 104 valence electrons. The van der Waals surface area contributed by atoms with E-state index in [0.717, 1.165) is 31.2 Å². The average Bonchev–Trinajstić information content (AvgIpc) is 2.88. The van der Waals surface area contributed by atoms with Crippen LogP contribution in [0.4, 0.5) is 10.1 Å². The van der Waals surface area contributed by atoms with Crippen LogP contribution in [-0.4, -0.2) is 30.9 Å². The lowest BCUT2D eigenvalue weighted by molar-refractivity contribution is -0.119. The van der Waals surface area contributed by atoms with Gasteiger partial charge in [-0.05, 0) is 31.0 Å². The zero-order valence-electron chi connectivity index (χ0n) is 10.5. The van der Waals surface area contributed by atoms with E-state index in [4.69, 9.17) is 10.5 Å². The fraction of sp³-hybridized carbons (Fsp3) is 0.462. The quantitative estimate of drug-likeness (QED) is 0.639. The Morgan fingerprint density at radius 1 is 1.58 bits per heavy atom. The summed E-state index contributed by atoms with van der Waals surface area (Å²) in [6.07, 6.45) is 2.16. The van der Waals surface area contributed by atoms with Crippen molar-refractivity contribution < 1.29 is 13.9 Å². The summed E-state index contributed by atoms with van der Waals surface area (Å²) in [7, 11) is 0. The molecule has 1 aliphatic heterocycles. The summed E-state index contributed by atoms with van der Waals surface area (Å²) in [6, 6.07) is 4.46. The summed E-state index contributed by atoms with van der Waals surface area (Å²) in [5, 5.41) is 2.79. The Hall–Kier alpha value is -1.27. The lowest BCUT2D eigenvalue weighted by atomic mass is 10.2. The fourth-order valence-corrected chi connectivity index (χ4v) is 2.61. The predicted octanol–water partition coefficient (Wildman–Crippen LogP) is 1.80. The van der Waals surface area contributed by atoms with Crippen LogP contribution in [-0.2, 0) is 9.53 Å². The minimum absolute atomic E-state index is 0.114. The van der Waals surface area contributed by atoms with E-state index in [2.05, 4.69) is 5.32 Å². The number of anilines is 1. The van der Waals surface area contributed by atoms with Crippen LogP contribution in [0.3, 0.4) is 0 Å². The number of nitrogens with one attached hydrogen (secondary N) is 1.